The highest BCUT2D eigenvalue weighted by atomic mass is 16.5. The van der Waals surface area contributed by atoms with Gasteiger partial charge in [-0.25, -0.2) is 0 Å². The zero-order valence-corrected chi connectivity index (χ0v) is 11.0. The average Bonchev–Trinajstić information content (AvgIpc) is 2.37. The number of Topliss-reactive ketones (excluding diaryl/α,β-unsaturated/α-hetero) is 1. The van der Waals surface area contributed by atoms with Crippen molar-refractivity contribution in [3.8, 4) is 11.5 Å². The molecule has 0 fully saturated rings. The molecule has 18 heavy (non-hydrogen) atoms. The Bertz CT molecular complexity index is 363. The second kappa shape index (κ2) is 8.53. The van der Waals surface area contributed by atoms with Crippen molar-refractivity contribution in [1.82, 2.24) is 0 Å². The first-order valence-electron chi connectivity index (χ1n) is 6.13. The summed E-state index contributed by atoms with van der Waals surface area (Å²) in [5.74, 6) is 1.56. The Kier molecular flexibility index (Phi) is 6.87. The van der Waals surface area contributed by atoms with Gasteiger partial charge in [-0.1, -0.05) is 12.1 Å². The van der Waals surface area contributed by atoms with Crippen molar-refractivity contribution in [2.24, 2.45) is 0 Å². The number of para-hydroxylation sites is 2. The fourth-order valence-electron chi connectivity index (χ4n) is 1.53. The summed E-state index contributed by atoms with van der Waals surface area (Å²) in [6.07, 6.45) is 1.16. The van der Waals surface area contributed by atoms with Crippen molar-refractivity contribution >= 4 is 5.78 Å². The van der Waals surface area contributed by atoms with Gasteiger partial charge in [-0.2, -0.15) is 0 Å². The number of ketones is 1. The Balaban J connectivity index is 2.32. The number of hydrogen-bond donors (Lipinski definition) is 0. The lowest BCUT2D eigenvalue weighted by Crippen LogP contribution is -2.08. The van der Waals surface area contributed by atoms with Gasteiger partial charge in [0.2, 0.25) is 0 Å². The van der Waals surface area contributed by atoms with E-state index in [1.54, 1.807) is 0 Å². The molecule has 0 unspecified atom stereocenters. The van der Waals surface area contributed by atoms with Crippen LogP contribution in [0.3, 0.4) is 0 Å². The highest BCUT2D eigenvalue weighted by molar-refractivity contribution is 5.79. The molecule has 0 aromatic heterocycles. The molecule has 0 amide bonds. The topological polar surface area (TPSA) is 44.8 Å². The lowest BCUT2D eigenvalue weighted by molar-refractivity contribution is -0.122. The second-order valence-corrected chi connectivity index (χ2v) is 3.80. The van der Waals surface area contributed by atoms with Crippen LogP contribution in [-0.2, 0) is 9.53 Å². The lowest BCUT2D eigenvalue weighted by Gasteiger charge is -2.11. The monoisotopic (exact) mass is 252 g/mol. The minimum absolute atomic E-state index is 0.0965. The molecule has 0 aliphatic heterocycles. The second-order valence-electron chi connectivity index (χ2n) is 3.80. The van der Waals surface area contributed by atoms with E-state index in [9.17, 15) is 4.79 Å². The van der Waals surface area contributed by atoms with Crippen LogP contribution in [0, 0.1) is 0 Å². The molecule has 0 radical (unpaired) electrons. The van der Waals surface area contributed by atoms with E-state index in [0.717, 1.165) is 11.5 Å². The molecule has 0 atom stereocenters. The summed E-state index contributed by atoms with van der Waals surface area (Å²) in [4.78, 5) is 11.2. The van der Waals surface area contributed by atoms with Crippen LogP contribution in [0.5, 0.6) is 11.5 Å². The summed E-state index contributed by atoms with van der Waals surface area (Å²) < 4.78 is 15.8. The van der Waals surface area contributed by atoms with Crippen LogP contribution in [-0.4, -0.2) is 32.7 Å². The average molecular weight is 252 g/mol. The molecule has 100 valence electrons. The summed E-state index contributed by atoms with van der Waals surface area (Å²) >= 11 is 0. The van der Waals surface area contributed by atoms with Crippen LogP contribution in [0.15, 0.2) is 24.3 Å². The maximum absolute atomic E-state index is 11.2. The molecule has 0 bridgehead atoms. The fourth-order valence-corrected chi connectivity index (χ4v) is 1.53. The third-order valence-electron chi connectivity index (χ3n) is 2.31. The van der Waals surface area contributed by atoms with Gasteiger partial charge in [0.25, 0.3) is 0 Å². The molecule has 1 rings (SSSR count). The summed E-state index contributed by atoms with van der Waals surface area (Å²) in [5.41, 5.74) is 0. The van der Waals surface area contributed by atoms with Gasteiger partial charge in [-0.3, -0.25) is 4.79 Å². The molecule has 0 aliphatic rings. The van der Waals surface area contributed by atoms with Crippen LogP contribution in [0.25, 0.3) is 0 Å². The molecule has 0 N–H and O–H groups in total. The molecule has 0 saturated carbocycles. The quantitative estimate of drug-likeness (QED) is 0.633. The fraction of sp³-hybridized carbons (Fsp3) is 0.500. The SMILES string of the molecule is CCOc1ccccc1OCCCC(=O)COC. The van der Waals surface area contributed by atoms with Gasteiger partial charge in [0, 0.05) is 13.5 Å². The van der Waals surface area contributed by atoms with E-state index in [1.807, 2.05) is 31.2 Å². The predicted molar refractivity (Wildman–Crippen MR) is 69.2 cm³/mol. The van der Waals surface area contributed by atoms with Gasteiger partial charge < -0.3 is 14.2 Å². The third-order valence-corrected chi connectivity index (χ3v) is 2.31. The van der Waals surface area contributed by atoms with Crippen LogP contribution in [0.4, 0.5) is 0 Å². The lowest BCUT2D eigenvalue weighted by atomic mass is 10.2. The Morgan fingerprint density at radius 1 is 1.17 bits per heavy atom. The van der Waals surface area contributed by atoms with Gasteiger partial charge in [-0.05, 0) is 25.5 Å². The van der Waals surface area contributed by atoms with E-state index in [0.29, 0.717) is 26.1 Å². The summed E-state index contributed by atoms with van der Waals surface area (Å²) in [7, 11) is 1.52. The minimum Gasteiger partial charge on any atom is -0.490 e. The number of carbonyl (C=O) groups excluding carboxylic acids is 1. The Morgan fingerprint density at radius 2 is 1.83 bits per heavy atom. The van der Waals surface area contributed by atoms with Crippen LogP contribution in [0.1, 0.15) is 19.8 Å². The molecule has 0 saturated heterocycles. The molecule has 0 spiro atoms. The Hall–Kier alpha value is -1.55. The van der Waals surface area contributed by atoms with Crippen molar-refractivity contribution < 1.29 is 19.0 Å². The highest BCUT2D eigenvalue weighted by Gasteiger charge is 2.04. The maximum atomic E-state index is 11.2. The van der Waals surface area contributed by atoms with Gasteiger partial charge in [0.1, 0.15) is 6.61 Å². The van der Waals surface area contributed by atoms with Gasteiger partial charge in [-0.15, -0.1) is 0 Å². The van der Waals surface area contributed by atoms with E-state index >= 15 is 0 Å². The van der Waals surface area contributed by atoms with Crippen LogP contribution < -0.4 is 9.47 Å². The predicted octanol–water partition coefficient (Wildman–Crippen LogP) is 2.46. The van der Waals surface area contributed by atoms with E-state index in [2.05, 4.69) is 0 Å². The number of ether oxygens (including phenoxy) is 3. The molecule has 4 heteroatoms. The number of carbonyl (C=O) groups is 1. The molecule has 0 aliphatic carbocycles. The largest absolute Gasteiger partial charge is 0.490 e. The van der Waals surface area contributed by atoms with Crippen molar-refractivity contribution in [2.45, 2.75) is 19.8 Å². The molecule has 1 aromatic carbocycles. The summed E-state index contributed by atoms with van der Waals surface area (Å²) in [5, 5.41) is 0. The number of benzene rings is 1. The van der Waals surface area contributed by atoms with Gasteiger partial charge in [0.05, 0.1) is 13.2 Å². The van der Waals surface area contributed by atoms with E-state index in [4.69, 9.17) is 14.2 Å². The molecular weight excluding hydrogens is 232 g/mol. The Labute approximate surface area is 108 Å². The zero-order chi connectivity index (χ0) is 13.2. The smallest absolute Gasteiger partial charge is 0.161 e. The van der Waals surface area contributed by atoms with Crippen molar-refractivity contribution in [3.05, 3.63) is 24.3 Å². The first-order valence-corrected chi connectivity index (χ1v) is 6.13. The number of hydrogen-bond acceptors (Lipinski definition) is 4. The number of rotatable bonds is 9. The van der Waals surface area contributed by atoms with E-state index < -0.39 is 0 Å². The van der Waals surface area contributed by atoms with Gasteiger partial charge >= 0.3 is 0 Å². The minimum atomic E-state index is 0.0965. The van der Waals surface area contributed by atoms with Crippen molar-refractivity contribution in [3.63, 3.8) is 0 Å². The standard InChI is InChI=1S/C14H20O4/c1-3-17-13-8-4-5-9-14(13)18-10-6-7-12(15)11-16-2/h4-5,8-9H,3,6-7,10-11H2,1-2H3. The molecule has 4 nitrogen and oxygen atoms in total. The number of methoxy groups -OCH3 is 1. The first-order chi connectivity index (χ1) is 8.77. The van der Waals surface area contributed by atoms with E-state index in [1.165, 1.54) is 7.11 Å². The van der Waals surface area contributed by atoms with E-state index in [-0.39, 0.29) is 12.4 Å². The van der Waals surface area contributed by atoms with Crippen molar-refractivity contribution in [2.75, 3.05) is 26.9 Å². The van der Waals surface area contributed by atoms with Gasteiger partial charge in [0.15, 0.2) is 17.3 Å². The van der Waals surface area contributed by atoms with Crippen LogP contribution in [0.2, 0.25) is 0 Å². The molecule has 1 aromatic rings. The molecule has 0 heterocycles. The highest BCUT2D eigenvalue weighted by Crippen LogP contribution is 2.26. The maximum Gasteiger partial charge on any atom is 0.161 e. The van der Waals surface area contributed by atoms with Crippen LogP contribution >= 0.6 is 0 Å². The summed E-state index contributed by atoms with van der Waals surface area (Å²) in [6.45, 7) is 3.21. The first kappa shape index (κ1) is 14.5. The Morgan fingerprint density at radius 3 is 2.44 bits per heavy atom. The summed E-state index contributed by atoms with van der Waals surface area (Å²) in [6, 6.07) is 7.53. The normalized spacial score (nSPS) is 10.1. The van der Waals surface area contributed by atoms with Crippen molar-refractivity contribution in [1.29, 1.82) is 0 Å². The molecular formula is C14H20O4. The third kappa shape index (κ3) is 5.19. The zero-order valence-electron chi connectivity index (χ0n) is 11.0.